The SMILES string of the molecule is CC(C)C[NH+](CC(=O)N1CCS[C@H]1c1ccc(F)cc1)Cc1cc(F)cc(F)c1. The van der Waals surface area contributed by atoms with E-state index in [1.54, 1.807) is 23.9 Å². The minimum atomic E-state index is -0.609. The van der Waals surface area contributed by atoms with Gasteiger partial charge >= 0.3 is 0 Å². The first kappa shape index (κ1) is 21.7. The maximum Gasteiger partial charge on any atom is 0.278 e. The lowest BCUT2D eigenvalue weighted by molar-refractivity contribution is -0.909. The Morgan fingerprint density at radius 1 is 1.10 bits per heavy atom. The molecule has 3 rings (SSSR count). The van der Waals surface area contributed by atoms with Crippen molar-refractivity contribution in [1.82, 2.24) is 4.90 Å². The summed E-state index contributed by atoms with van der Waals surface area (Å²) < 4.78 is 40.4. The molecule has 2 atom stereocenters. The van der Waals surface area contributed by atoms with Gasteiger partial charge in [-0.1, -0.05) is 26.0 Å². The van der Waals surface area contributed by atoms with Crippen molar-refractivity contribution in [3.05, 3.63) is 71.0 Å². The number of halogens is 3. The molecule has 29 heavy (non-hydrogen) atoms. The van der Waals surface area contributed by atoms with Crippen LogP contribution in [0.4, 0.5) is 13.2 Å². The molecule has 1 unspecified atom stereocenters. The second-order valence-electron chi connectivity index (χ2n) is 7.84. The van der Waals surface area contributed by atoms with Gasteiger partial charge in [0.1, 0.15) is 29.4 Å². The lowest BCUT2D eigenvalue weighted by atomic mass is 10.1. The van der Waals surface area contributed by atoms with E-state index in [9.17, 15) is 18.0 Å². The van der Waals surface area contributed by atoms with Gasteiger partial charge in [-0.25, -0.2) is 13.2 Å². The molecule has 2 aromatic carbocycles. The summed E-state index contributed by atoms with van der Waals surface area (Å²) in [5.41, 5.74) is 1.44. The predicted molar refractivity (Wildman–Crippen MR) is 109 cm³/mol. The van der Waals surface area contributed by atoms with E-state index in [-0.39, 0.29) is 23.6 Å². The van der Waals surface area contributed by atoms with Gasteiger partial charge in [-0.3, -0.25) is 4.79 Å². The third-order valence-corrected chi connectivity index (χ3v) is 6.10. The molecule has 2 aromatic rings. The molecule has 1 heterocycles. The minimum Gasteiger partial charge on any atom is -0.323 e. The summed E-state index contributed by atoms with van der Waals surface area (Å²) in [7, 11) is 0. The van der Waals surface area contributed by atoms with Crippen LogP contribution in [0.3, 0.4) is 0 Å². The largest absolute Gasteiger partial charge is 0.323 e. The van der Waals surface area contributed by atoms with Crippen LogP contribution in [-0.2, 0) is 11.3 Å². The third kappa shape index (κ3) is 6.00. The fourth-order valence-electron chi connectivity index (χ4n) is 3.73. The minimum absolute atomic E-state index is 0.00292. The summed E-state index contributed by atoms with van der Waals surface area (Å²) in [6, 6.07) is 9.74. The number of hydrogen-bond acceptors (Lipinski definition) is 2. The van der Waals surface area contributed by atoms with Gasteiger partial charge < -0.3 is 9.80 Å². The first-order valence-electron chi connectivity index (χ1n) is 9.77. The van der Waals surface area contributed by atoms with E-state index < -0.39 is 11.6 Å². The van der Waals surface area contributed by atoms with Crippen molar-refractivity contribution in [3.63, 3.8) is 0 Å². The number of quaternary nitrogens is 1. The van der Waals surface area contributed by atoms with Gasteiger partial charge in [-0.15, -0.1) is 11.8 Å². The molecule has 1 amide bonds. The summed E-state index contributed by atoms with van der Waals surface area (Å²) in [6.07, 6.45) is 0. The van der Waals surface area contributed by atoms with Gasteiger partial charge in [0.15, 0.2) is 6.54 Å². The van der Waals surface area contributed by atoms with Crippen LogP contribution in [0, 0.1) is 23.4 Å². The van der Waals surface area contributed by atoms with Crippen LogP contribution < -0.4 is 4.90 Å². The zero-order valence-corrected chi connectivity index (χ0v) is 17.4. The van der Waals surface area contributed by atoms with Crippen molar-refractivity contribution in [2.45, 2.75) is 25.8 Å². The Bertz CT molecular complexity index is 824. The summed E-state index contributed by atoms with van der Waals surface area (Å²) in [5, 5.41) is -0.130. The van der Waals surface area contributed by atoms with Crippen molar-refractivity contribution in [2.24, 2.45) is 5.92 Å². The normalized spacial score (nSPS) is 17.7. The third-order valence-electron chi connectivity index (χ3n) is 4.84. The van der Waals surface area contributed by atoms with Crippen molar-refractivity contribution < 1.29 is 22.9 Å². The van der Waals surface area contributed by atoms with E-state index in [0.717, 1.165) is 22.3 Å². The first-order chi connectivity index (χ1) is 13.8. The Labute approximate surface area is 173 Å². The monoisotopic (exact) mass is 423 g/mol. The van der Waals surface area contributed by atoms with E-state index in [4.69, 9.17) is 0 Å². The van der Waals surface area contributed by atoms with Crippen LogP contribution in [0.1, 0.15) is 30.3 Å². The number of rotatable bonds is 7. The second-order valence-corrected chi connectivity index (χ2v) is 9.03. The molecule has 0 radical (unpaired) electrons. The number of benzene rings is 2. The van der Waals surface area contributed by atoms with E-state index >= 15 is 0 Å². The van der Waals surface area contributed by atoms with Crippen molar-refractivity contribution >= 4 is 17.7 Å². The molecule has 1 aliphatic heterocycles. The van der Waals surface area contributed by atoms with Crippen molar-refractivity contribution in [1.29, 1.82) is 0 Å². The highest BCUT2D eigenvalue weighted by molar-refractivity contribution is 7.99. The maximum atomic E-state index is 13.6. The van der Waals surface area contributed by atoms with Gasteiger partial charge in [-0.05, 0) is 29.8 Å². The van der Waals surface area contributed by atoms with Crippen LogP contribution in [0.5, 0.6) is 0 Å². The summed E-state index contributed by atoms with van der Waals surface area (Å²) in [5.74, 6) is -0.369. The number of hydrogen-bond donors (Lipinski definition) is 1. The quantitative estimate of drug-likeness (QED) is 0.738. The van der Waals surface area contributed by atoms with E-state index in [1.807, 2.05) is 4.90 Å². The van der Waals surface area contributed by atoms with Crippen molar-refractivity contribution in [2.75, 3.05) is 25.4 Å². The highest BCUT2D eigenvalue weighted by atomic mass is 32.2. The van der Waals surface area contributed by atoms with Gasteiger partial charge in [0.05, 0.1) is 6.54 Å². The van der Waals surface area contributed by atoms with E-state index in [0.29, 0.717) is 31.1 Å². The van der Waals surface area contributed by atoms with Crippen LogP contribution in [-0.4, -0.2) is 36.2 Å². The highest BCUT2D eigenvalue weighted by Gasteiger charge is 2.32. The molecule has 0 spiro atoms. The van der Waals surface area contributed by atoms with Gasteiger partial charge in [-0.2, -0.15) is 0 Å². The number of nitrogens with one attached hydrogen (secondary N) is 1. The average molecular weight is 424 g/mol. The summed E-state index contributed by atoms with van der Waals surface area (Å²) >= 11 is 1.66. The Hall–Kier alpha value is -1.99. The lowest BCUT2D eigenvalue weighted by Gasteiger charge is -2.27. The molecule has 1 aliphatic rings. The molecular formula is C22H26F3N2OS+. The van der Waals surface area contributed by atoms with Gasteiger partial charge in [0, 0.05) is 29.8 Å². The standard InChI is InChI=1S/C22H25F3N2OS/c1-15(2)12-26(13-16-9-19(24)11-20(25)10-16)14-21(28)27-7-8-29-22(27)17-3-5-18(23)6-4-17/h3-6,9-11,15,22H,7-8,12-14H2,1-2H3/p+1/t22-/m0/s1. The molecule has 1 saturated heterocycles. The zero-order valence-electron chi connectivity index (χ0n) is 16.6. The van der Waals surface area contributed by atoms with Crippen LogP contribution in [0.15, 0.2) is 42.5 Å². The molecule has 0 saturated carbocycles. The molecule has 156 valence electrons. The van der Waals surface area contributed by atoms with Gasteiger partial charge in [0.25, 0.3) is 5.91 Å². The number of nitrogens with zero attached hydrogens (tertiary/aromatic N) is 1. The molecular weight excluding hydrogens is 397 g/mol. The van der Waals surface area contributed by atoms with Gasteiger partial charge in [0.2, 0.25) is 0 Å². The number of amides is 1. The Morgan fingerprint density at radius 3 is 2.38 bits per heavy atom. The van der Waals surface area contributed by atoms with Crippen LogP contribution in [0.25, 0.3) is 0 Å². The Morgan fingerprint density at radius 2 is 1.76 bits per heavy atom. The molecule has 0 aliphatic carbocycles. The van der Waals surface area contributed by atoms with E-state index in [1.165, 1.54) is 24.3 Å². The molecule has 3 nitrogen and oxygen atoms in total. The Balaban J connectivity index is 1.72. The molecule has 0 bridgehead atoms. The predicted octanol–water partition coefficient (Wildman–Crippen LogP) is 3.42. The summed E-state index contributed by atoms with van der Waals surface area (Å²) in [6.45, 7) is 6.09. The zero-order chi connectivity index (χ0) is 21.0. The average Bonchev–Trinajstić information content (AvgIpc) is 3.10. The maximum absolute atomic E-state index is 13.6. The summed E-state index contributed by atoms with van der Waals surface area (Å²) in [4.78, 5) is 15.9. The Kier molecular flexibility index (Phi) is 7.24. The number of carbonyl (C=O) groups excluding carboxylic acids is 1. The fraction of sp³-hybridized carbons (Fsp3) is 0.409. The highest BCUT2D eigenvalue weighted by Crippen LogP contribution is 2.37. The lowest BCUT2D eigenvalue weighted by Crippen LogP contribution is -3.12. The van der Waals surface area contributed by atoms with Crippen molar-refractivity contribution in [3.8, 4) is 0 Å². The topological polar surface area (TPSA) is 24.8 Å². The molecule has 7 heteroatoms. The first-order valence-corrected chi connectivity index (χ1v) is 10.8. The molecule has 1 N–H and O–H groups in total. The fourth-order valence-corrected chi connectivity index (χ4v) is 5.01. The number of thioether (sulfide) groups is 1. The molecule has 1 fully saturated rings. The number of carbonyl (C=O) groups is 1. The second kappa shape index (κ2) is 9.67. The van der Waals surface area contributed by atoms with E-state index in [2.05, 4.69) is 13.8 Å². The van der Waals surface area contributed by atoms with Crippen LogP contribution in [0.2, 0.25) is 0 Å². The van der Waals surface area contributed by atoms with Crippen LogP contribution >= 0.6 is 11.8 Å². The molecule has 0 aromatic heterocycles. The smallest absolute Gasteiger partial charge is 0.278 e.